The zero-order valence-electron chi connectivity index (χ0n) is 7.29. The average molecular weight is 165 g/mol. The van der Waals surface area contributed by atoms with Crippen molar-refractivity contribution >= 4 is 0 Å². The standard InChI is InChI=1S/C10H15NO/c11-7-8-4-6-10(12)5-2-1-3-9(8)10/h8-9,12H,1-6H2/t8-,9?,10?/m1/s1. The van der Waals surface area contributed by atoms with Gasteiger partial charge in [-0.15, -0.1) is 0 Å². The summed E-state index contributed by atoms with van der Waals surface area (Å²) >= 11 is 0. The lowest BCUT2D eigenvalue weighted by molar-refractivity contribution is -0.0327. The van der Waals surface area contributed by atoms with Crippen molar-refractivity contribution in [1.82, 2.24) is 0 Å². The third-order valence-corrected chi connectivity index (χ3v) is 3.60. The first kappa shape index (κ1) is 8.07. The van der Waals surface area contributed by atoms with Crippen LogP contribution in [0.5, 0.6) is 0 Å². The molecule has 0 radical (unpaired) electrons. The van der Waals surface area contributed by atoms with Gasteiger partial charge in [-0.05, 0) is 25.7 Å². The molecule has 0 aromatic carbocycles. The minimum absolute atomic E-state index is 0.135. The molecule has 0 aliphatic heterocycles. The maximum Gasteiger partial charge on any atom is 0.0688 e. The van der Waals surface area contributed by atoms with Crippen LogP contribution in [-0.4, -0.2) is 10.7 Å². The predicted molar refractivity (Wildman–Crippen MR) is 45.2 cm³/mol. The summed E-state index contributed by atoms with van der Waals surface area (Å²) in [6.07, 6.45) is 6.11. The molecule has 2 unspecified atom stereocenters. The molecule has 0 aromatic heterocycles. The van der Waals surface area contributed by atoms with Gasteiger partial charge in [0.1, 0.15) is 0 Å². The topological polar surface area (TPSA) is 44.0 Å². The monoisotopic (exact) mass is 165 g/mol. The number of hydrogen-bond acceptors (Lipinski definition) is 2. The molecule has 1 N–H and O–H groups in total. The highest BCUT2D eigenvalue weighted by Gasteiger charge is 2.48. The summed E-state index contributed by atoms with van der Waals surface area (Å²) in [6.45, 7) is 0. The second-order valence-corrected chi connectivity index (χ2v) is 4.23. The van der Waals surface area contributed by atoms with Crippen molar-refractivity contribution in [2.24, 2.45) is 11.8 Å². The number of hydrogen-bond donors (Lipinski definition) is 1. The zero-order chi connectivity index (χ0) is 8.60. The van der Waals surface area contributed by atoms with Crippen LogP contribution in [0, 0.1) is 23.2 Å². The Hall–Kier alpha value is -0.550. The quantitative estimate of drug-likeness (QED) is 0.595. The lowest BCUT2D eigenvalue weighted by Crippen LogP contribution is -2.37. The highest BCUT2D eigenvalue weighted by atomic mass is 16.3. The van der Waals surface area contributed by atoms with E-state index in [1.54, 1.807) is 0 Å². The number of fused-ring (bicyclic) bond motifs is 1. The zero-order valence-corrected chi connectivity index (χ0v) is 7.29. The smallest absolute Gasteiger partial charge is 0.0688 e. The van der Waals surface area contributed by atoms with E-state index in [-0.39, 0.29) is 11.8 Å². The number of nitrogens with zero attached hydrogens (tertiary/aromatic N) is 1. The molecule has 3 atom stereocenters. The molecule has 2 aliphatic rings. The van der Waals surface area contributed by atoms with Gasteiger partial charge in [-0.2, -0.15) is 5.26 Å². The molecule has 2 heteroatoms. The van der Waals surface area contributed by atoms with E-state index in [0.717, 1.165) is 32.1 Å². The van der Waals surface area contributed by atoms with Gasteiger partial charge in [0.25, 0.3) is 0 Å². The van der Waals surface area contributed by atoms with E-state index >= 15 is 0 Å². The first-order valence-electron chi connectivity index (χ1n) is 4.88. The molecule has 2 rings (SSSR count). The Morgan fingerprint density at radius 3 is 2.83 bits per heavy atom. The molecule has 2 aliphatic carbocycles. The van der Waals surface area contributed by atoms with Gasteiger partial charge in [0.2, 0.25) is 0 Å². The van der Waals surface area contributed by atoms with Crippen LogP contribution in [0.4, 0.5) is 0 Å². The van der Waals surface area contributed by atoms with Crippen molar-refractivity contribution in [3.63, 3.8) is 0 Å². The molecule has 0 spiro atoms. The third-order valence-electron chi connectivity index (χ3n) is 3.60. The lowest BCUT2D eigenvalue weighted by atomic mass is 9.75. The van der Waals surface area contributed by atoms with Gasteiger partial charge in [-0.25, -0.2) is 0 Å². The largest absolute Gasteiger partial charge is 0.390 e. The van der Waals surface area contributed by atoms with E-state index in [1.807, 2.05) is 0 Å². The molecule has 2 fully saturated rings. The SMILES string of the molecule is N#C[C@H]1CCC2(O)CCCCC12. The molecule has 12 heavy (non-hydrogen) atoms. The first-order valence-corrected chi connectivity index (χ1v) is 4.88. The Morgan fingerprint density at radius 2 is 2.08 bits per heavy atom. The molecule has 2 saturated carbocycles. The minimum Gasteiger partial charge on any atom is -0.390 e. The van der Waals surface area contributed by atoms with Crippen LogP contribution in [0.1, 0.15) is 38.5 Å². The summed E-state index contributed by atoms with van der Waals surface area (Å²) in [6, 6.07) is 2.33. The van der Waals surface area contributed by atoms with Crippen molar-refractivity contribution in [3.8, 4) is 6.07 Å². The lowest BCUT2D eigenvalue weighted by Gasteiger charge is -2.35. The number of rotatable bonds is 0. The van der Waals surface area contributed by atoms with Gasteiger partial charge in [0, 0.05) is 5.92 Å². The van der Waals surface area contributed by atoms with E-state index in [9.17, 15) is 5.11 Å². The van der Waals surface area contributed by atoms with E-state index in [1.165, 1.54) is 6.42 Å². The Kier molecular flexibility index (Phi) is 1.84. The Labute approximate surface area is 73.2 Å². The van der Waals surface area contributed by atoms with Gasteiger partial charge in [0.15, 0.2) is 0 Å². The highest BCUT2D eigenvalue weighted by molar-refractivity contribution is 5.05. The fraction of sp³-hybridized carbons (Fsp3) is 0.900. The Balaban J connectivity index is 2.17. The van der Waals surface area contributed by atoms with Crippen LogP contribution in [0.15, 0.2) is 0 Å². The maximum atomic E-state index is 10.2. The summed E-state index contributed by atoms with van der Waals surface area (Å²) < 4.78 is 0. The second kappa shape index (κ2) is 2.74. The summed E-state index contributed by atoms with van der Waals surface area (Å²) in [5.41, 5.74) is -0.460. The van der Waals surface area contributed by atoms with Crippen LogP contribution in [0.3, 0.4) is 0 Å². The summed E-state index contributed by atoms with van der Waals surface area (Å²) in [5, 5.41) is 19.0. The van der Waals surface area contributed by atoms with Gasteiger partial charge in [-0.1, -0.05) is 12.8 Å². The molecule has 66 valence electrons. The fourth-order valence-corrected chi connectivity index (χ4v) is 2.90. The molecular weight excluding hydrogens is 150 g/mol. The number of aliphatic hydroxyl groups is 1. The molecule has 0 aromatic rings. The summed E-state index contributed by atoms with van der Waals surface area (Å²) in [5.74, 6) is 0.423. The van der Waals surface area contributed by atoms with Crippen molar-refractivity contribution < 1.29 is 5.11 Å². The predicted octanol–water partition coefficient (Wildman–Crippen LogP) is 1.84. The van der Waals surface area contributed by atoms with Gasteiger partial charge in [0.05, 0.1) is 17.6 Å². The van der Waals surface area contributed by atoms with E-state index < -0.39 is 5.60 Å². The van der Waals surface area contributed by atoms with Crippen LogP contribution < -0.4 is 0 Å². The first-order chi connectivity index (χ1) is 5.76. The van der Waals surface area contributed by atoms with Crippen molar-refractivity contribution in [2.45, 2.75) is 44.1 Å². The Bertz CT molecular complexity index is 220. The highest BCUT2D eigenvalue weighted by Crippen LogP contribution is 2.48. The summed E-state index contributed by atoms with van der Waals surface area (Å²) in [4.78, 5) is 0. The van der Waals surface area contributed by atoms with E-state index in [4.69, 9.17) is 5.26 Å². The van der Waals surface area contributed by atoms with Crippen molar-refractivity contribution in [3.05, 3.63) is 0 Å². The average Bonchev–Trinajstić information content (AvgIpc) is 2.41. The van der Waals surface area contributed by atoms with E-state index in [0.29, 0.717) is 0 Å². The van der Waals surface area contributed by atoms with Gasteiger partial charge in [-0.3, -0.25) is 0 Å². The number of nitriles is 1. The van der Waals surface area contributed by atoms with Crippen LogP contribution in [0.2, 0.25) is 0 Å². The molecule has 2 nitrogen and oxygen atoms in total. The van der Waals surface area contributed by atoms with E-state index in [2.05, 4.69) is 6.07 Å². The normalized spacial score (nSPS) is 46.7. The maximum absolute atomic E-state index is 10.2. The van der Waals surface area contributed by atoms with Crippen LogP contribution in [0.25, 0.3) is 0 Å². The van der Waals surface area contributed by atoms with Crippen molar-refractivity contribution in [1.29, 1.82) is 5.26 Å². The molecule has 0 amide bonds. The third kappa shape index (κ3) is 1.04. The molecule has 0 saturated heterocycles. The van der Waals surface area contributed by atoms with Crippen LogP contribution >= 0.6 is 0 Å². The Morgan fingerprint density at radius 1 is 1.25 bits per heavy atom. The second-order valence-electron chi connectivity index (χ2n) is 4.23. The molecule has 0 bridgehead atoms. The summed E-state index contributed by atoms with van der Waals surface area (Å²) in [7, 11) is 0. The van der Waals surface area contributed by atoms with Gasteiger partial charge >= 0.3 is 0 Å². The van der Waals surface area contributed by atoms with Gasteiger partial charge < -0.3 is 5.11 Å². The van der Waals surface area contributed by atoms with Crippen LogP contribution in [-0.2, 0) is 0 Å². The molecule has 0 heterocycles. The minimum atomic E-state index is -0.460. The fourth-order valence-electron chi connectivity index (χ4n) is 2.90. The molecular formula is C10H15NO. The van der Waals surface area contributed by atoms with Crippen molar-refractivity contribution in [2.75, 3.05) is 0 Å².